The van der Waals surface area contributed by atoms with Gasteiger partial charge in [-0.15, -0.1) is 0 Å². The number of hydrogen-bond donors (Lipinski definition) is 1. The van der Waals surface area contributed by atoms with Crippen LogP contribution in [0.1, 0.15) is 18.9 Å². The van der Waals surface area contributed by atoms with Crippen LogP contribution in [0, 0.1) is 0 Å². The van der Waals surface area contributed by atoms with Crippen molar-refractivity contribution in [1.82, 2.24) is 0 Å². The van der Waals surface area contributed by atoms with Gasteiger partial charge in [0.1, 0.15) is 0 Å². The summed E-state index contributed by atoms with van der Waals surface area (Å²) in [6.45, 7) is 4.42. The fourth-order valence-electron chi connectivity index (χ4n) is 1.94. The van der Waals surface area contributed by atoms with Crippen LogP contribution in [0.2, 0.25) is 0 Å². The van der Waals surface area contributed by atoms with Crippen molar-refractivity contribution in [2.75, 3.05) is 18.0 Å². The molecular weight excluding hydrogens is 186 g/mol. The van der Waals surface area contributed by atoms with E-state index < -0.39 is 0 Å². The molecule has 2 nitrogen and oxygen atoms in total. The molecule has 1 aromatic rings. The van der Waals surface area contributed by atoms with Crippen molar-refractivity contribution < 1.29 is 5.11 Å². The second-order valence-electron chi connectivity index (χ2n) is 4.09. The molecule has 1 aliphatic rings. The Hall–Kier alpha value is -1.28. The molecule has 0 amide bonds. The molecule has 0 aromatic heterocycles. The zero-order chi connectivity index (χ0) is 10.7. The first-order valence-electron chi connectivity index (χ1n) is 5.40. The van der Waals surface area contributed by atoms with Crippen LogP contribution >= 0.6 is 0 Å². The molecule has 0 unspecified atom stereocenters. The van der Waals surface area contributed by atoms with Gasteiger partial charge in [-0.2, -0.15) is 0 Å². The molecule has 0 saturated heterocycles. The van der Waals surface area contributed by atoms with E-state index in [1.54, 1.807) is 0 Å². The van der Waals surface area contributed by atoms with E-state index in [2.05, 4.69) is 30.0 Å². The molecule has 1 aromatic carbocycles. The van der Waals surface area contributed by atoms with Crippen LogP contribution < -0.4 is 4.90 Å². The lowest BCUT2D eigenvalue weighted by atomic mass is 10.1. The highest BCUT2D eigenvalue weighted by molar-refractivity contribution is 5.49. The molecule has 80 valence electrons. The van der Waals surface area contributed by atoms with Crippen LogP contribution in [0.5, 0.6) is 0 Å². The number of rotatable bonds is 2. The highest BCUT2D eigenvalue weighted by Gasteiger charge is 2.09. The summed E-state index contributed by atoms with van der Waals surface area (Å²) in [4.78, 5) is 2.37. The molecule has 2 rings (SSSR count). The fraction of sp³-hybridized carbons (Fsp3) is 0.385. The van der Waals surface area contributed by atoms with Crippen molar-refractivity contribution >= 4 is 5.69 Å². The maximum atomic E-state index is 8.96. The second kappa shape index (κ2) is 4.49. The Morgan fingerprint density at radius 2 is 2.00 bits per heavy atom. The lowest BCUT2D eigenvalue weighted by Gasteiger charge is -2.28. The maximum absolute atomic E-state index is 8.96. The first kappa shape index (κ1) is 10.2. The van der Waals surface area contributed by atoms with Crippen LogP contribution in [0.15, 0.2) is 35.9 Å². The summed E-state index contributed by atoms with van der Waals surface area (Å²) in [6.07, 6.45) is 3.44. The minimum Gasteiger partial charge on any atom is -0.392 e. The van der Waals surface area contributed by atoms with Gasteiger partial charge in [-0.05, 0) is 31.0 Å². The third-order valence-electron chi connectivity index (χ3n) is 2.82. The highest BCUT2D eigenvalue weighted by atomic mass is 16.3. The van der Waals surface area contributed by atoms with Gasteiger partial charge in [-0.1, -0.05) is 23.8 Å². The third-order valence-corrected chi connectivity index (χ3v) is 2.82. The van der Waals surface area contributed by atoms with E-state index in [1.807, 2.05) is 12.1 Å². The molecular formula is C13H17NO. The zero-order valence-corrected chi connectivity index (χ0v) is 9.11. The molecule has 1 aliphatic heterocycles. The SMILES string of the molecule is CC1=CCCN(c2ccc(CO)cc2)C1. The number of hydrogen-bond acceptors (Lipinski definition) is 2. The van der Waals surface area contributed by atoms with E-state index in [4.69, 9.17) is 5.11 Å². The van der Waals surface area contributed by atoms with E-state index in [9.17, 15) is 0 Å². The van der Waals surface area contributed by atoms with Gasteiger partial charge in [0, 0.05) is 18.8 Å². The number of benzene rings is 1. The van der Waals surface area contributed by atoms with E-state index in [0.717, 1.165) is 25.1 Å². The first-order valence-corrected chi connectivity index (χ1v) is 5.40. The van der Waals surface area contributed by atoms with Crippen molar-refractivity contribution in [2.45, 2.75) is 20.0 Å². The summed E-state index contributed by atoms with van der Waals surface area (Å²) < 4.78 is 0. The molecule has 2 heteroatoms. The van der Waals surface area contributed by atoms with Gasteiger partial charge >= 0.3 is 0 Å². The standard InChI is InChI=1S/C13H17NO/c1-11-3-2-8-14(9-11)13-6-4-12(10-15)5-7-13/h3-7,15H,2,8-10H2,1H3. The predicted octanol–water partition coefficient (Wildman–Crippen LogP) is 2.34. The zero-order valence-electron chi connectivity index (χ0n) is 9.11. The van der Waals surface area contributed by atoms with Crippen molar-refractivity contribution in [3.05, 3.63) is 41.5 Å². The smallest absolute Gasteiger partial charge is 0.0681 e. The van der Waals surface area contributed by atoms with E-state index in [1.165, 1.54) is 11.3 Å². The van der Waals surface area contributed by atoms with Crippen LogP contribution in [0.4, 0.5) is 5.69 Å². The Bertz CT molecular complexity index is 353. The Morgan fingerprint density at radius 3 is 2.60 bits per heavy atom. The first-order chi connectivity index (χ1) is 7.29. The lowest BCUT2D eigenvalue weighted by molar-refractivity contribution is 0.282. The summed E-state index contributed by atoms with van der Waals surface area (Å²) in [6, 6.07) is 8.15. The monoisotopic (exact) mass is 203 g/mol. The number of aliphatic hydroxyl groups excluding tert-OH is 1. The normalized spacial score (nSPS) is 16.4. The van der Waals surface area contributed by atoms with Crippen molar-refractivity contribution in [1.29, 1.82) is 0 Å². The van der Waals surface area contributed by atoms with E-state index in [0.29, 0.717) is 0 Å². The maximum Gasteiger partial charge on any atom is 0.0681 e. The van der Waals surface area contributed by atoms with Gasteiger partial charge in [0.05, 0.1) is 6.61 Å². The average Bonchev–Trinajstić information content (AvgIpc) is 2.29. The summed E-state index contributed by atoms with van der Waals surface area (Å²) in [5.41, 5.74) is 3.66. The van der Waals surface area contributed by atoms with Gasteiger partial charge in [-0.25, -0.2) is 0 Å². The third kappa shape index (κ3) is 2.39. The lowest BCUT2D eigenvalue weighted by Crippen LogP contribution is -2.28. The molecule has 15 heavy (non-hydrogen) atoms. The van der Waals surface area contributed by atoms with Gasteiger partial charge < -0.3 is 10.0 Å². The Kier molecular flexibility index (Phi) is 3.07. The quantitative estimate of drug-likeness (QED) is 0.746. The van der Waals surface area contributed by atoms with Gasteiger partial charge in [-0.3, -0.25) is 0 Å². The molecule has 0 spiro atoms. The fourth-order valence-corrected chi connectivity index (χ4v) is 1.94. The Balaban J connectivity index is 2.12. The summed E-state index contributed by atoms with van der Waals surface area (Å²) in [5, 5.41) is 8.96. The molecule has 0 bridgehead atoms. The highest BCUT2D eigenvalue weighted by Crippen LogP contribution is 2.20. The number of nitrogens with zero attached hydrogens (tertiary/aromatic N) is 1. The van der Waals surface area contributed by atoms with Crippen LogP contribution in [-0.2, 0) is 6.61 Å². The molecule has 0 aliphatic carbocycles. The molecule has 1 heterocycles. The topological polar surface area (TPSA) is 23.5 Å². The minimum atomic E-state index is 0.124. The molecule has 0 radical (unpaired) electrons. The molecule has 0 saturated carbocycles. The van der Waals surface area contributed by atoms with Crippen LogP contribution in [-0.4, -0.2) is 18.2 Å². The molecule has 0 atom stereocenters. The van der Waals surface area contributed by atoms with E-state index >= 15 is 0 Å². The number of anilines is 1. The van der Waals surface area contributed by atoms with Crippen molar-refractivity contribution in [3.63, 3.8) is 0 Å². The predicted molar refractivity (Wildman–Crippen MR) is 63.0 cm³/mol. The molecule has 1 N–H and O–H groups in total. The van der Waals surface area contributed by atoms with E-state index in [-0.39, 0.29) is 6.61 Å². The van der Waals surface area contributed by atoms with Gasteiger partial charge in [0.25, 0.3) is 0 Å². The number of aliphatic hydroxyl groups is 1. The Morgan fingerprint density at radius 1 is 1.27 bits per heavy atom. The average molecular weight is 203 g/mol. The van der Waals surface area contributed by atoms with Gasteiger partial charge in [0.2, 0.25) is 0 Å². The minimum absolute atomic E-state index is 0.124. The summed E-state index contributed by atoms with van der Waals surface area (Å²) in [5.74, 6) is 0. The van der Waals surface area contributed by atoms with Crippen molar-refractivity contribution in [3.8, 4) is 0 Å². The largest absolute Gasteiger partial charge is 0.392 e. The summed E-state index contributed by atoms with van der Waals surface area (Å²) in [7, 11) is 0. The van der Waals surface area contributed by atoms with Crippen molar-refractivity contribution in [2.24, 2.45) is 0 Å². The Labute approximate surface area is 90.8 Å². The molecule has 0 fully saturated rings. The van der Waals surface area contributed by atoms with Crippen LogP contribution in [0.25, 0.3) is 0 Å². The van der Waals surface area contributed by atoms with Gasteiger partial charge in [0.15, 0.2) is 0 Å². The summed E-state index contributed by atoms with van der Waals surface area (Å²) >= 11 is 0. The van der Waals surface area contributed by atoms with Crippen LogP contribution in [0.3, 0.4) is 0 Å². The second-order valence-corrected chi connectivity index (χ2v) is 4.09.